The molecular weight excluding hydrogens is 623 g/mol. The Labute approximate surface area is 275 Å². The monoisotopic (exact) mass is 671 g/mol. The fourth-order valence-electron chi connectivity index (χ4n) is 6.58. The number of hydrogen-bond acceptors (Lipinski definition) is 8. The second kappa shape index (κ2) is 14.1. The van der Waals surface area contributed by atoms with Crippen LogP contribution in [0.5, 0.6) is 0 Å². The third kappa shape index (κ3) is 8.17. The standard InChI is InChI=1S/C35H49N3O6S2/c1-8-36-44-46(42,43)23-12-10-21-38-31-19-17-27(3)25-29(31)35(6,7)33(38)15-13-14-32-34(4,5)28-24-26(2)16-18-30(28)37(32)20-9-11-22-45(39,40)41/h13-19,24-25,36H,8-12,20-23H2,1-7H3. The minimum absolute atomic E-state index is 0.0546. The number of nitrogens with zero attached hydrogens (tertiary/aromatic N) is 2. The molecule has 4 rings (SSSR count). The van der Waals surface area contributed by atoms with Gasteiger partial charge in [0.25, 0.3) is 10.1 Å². The van der Waals surface area contributed by atoms with E-state index in [9.17, 15) is 21.4 Å². The molecule has 0 atom stereocenters. The maximum absolute atomic E-state index is 12.2. The number of nitrogens with one attached hydrogen (secondary N) is 1. The molecule has 0 aromatic heterocycles. The fourth-order valence-corrected chi connectivity index (χ4v) is 8.07. The Morgan fingerprint density at radius 1 is 0.891 bits per heavy atom. The lowest BCUT2D eigenvalue weighted by Crippen LogP contribution is -2.28. The molecule has 2 aromatic rings. The number of hydrogen-bond donors (Lipinski definition) is 1. The first-order valence-corrected chi connectivity index (χ1v) is 19.2. The van der Waals surface area contributed by atoms with Crippen molar-refractivity contribution in [1.29, 1.82) is 0 Å². The molecule has 1 N–H and O–H groups in total. The second-order valence-corrected chi connectivity index (χ2v) is 16.6. The number of rotatable bonds is 15. The molecule has 0 aliphatic carbocycles. The van der Waals surface area contributed by atoms with Crippen LogP contribution in [0.3, 0.4) is 0 Å². The van der Waals surface area contributed by atoms with E-state index in [1.807, 2.05) is 0 Å². The smallest absolute Gasteiger partial charge is 0.283 e. The molecule has 0 saturated heterocycles. The second-order valence-electron chi connectivity index (χ2n) is 13.4. The van der Waals surface area contributed by atoms with E-state index in [1.165, 1.54) is 22.3 Å². The van der Waals surface area contributed by atoms with Crippen molar-refractivity contribution in [2.45, 2.75) is 85.0 Å². The van der Waals surface area contributed by atoms with Gasteiger partial charge in [-0.2, -0.15) is 22.8 Å². The van der Waals surface area contributed by atoms with Crippen LogP contribution in [0.2, 0.25) is 0 Å². The van der Waals surface area contributed by atoms with Crippen LogP contribution in [0, 0.1) is 13.8 Å². The summed E-state index contributed by atoms with van der Waals surface area (Å²) in [5.74, 6) is -0.414. The van der Waals surface area contributed by atoms with Gasteiger partial charge < -0.3 is 9.45 Å². The van der Waals surface area contributed by atoms with Gasteiger partial charge in [-0.15, -0.1) is 0 Å². The first-order valence-electron chi connectivity index (χ1n) is 16.1. The highest BCUT2D eigenvalue weighted by Crippen LogP contribution is 2.48. The first-order chi connectivity index (χ1) is 21.5. The van der Waals surface area contributed by atoms with Gasteiger partial charge in [-0.05, 0) is 70.7 Å². The molecule has 9 nitrogen and oxygen atoms in total. The Morgan fingerprint density at radius 3 is 2.22 bits per heavy atom. The van der Waals surface area contributed by atoms with Gasteiger partial charge in [-0.1, -0.05) is 56.2 Å². The van der Waals surface area contributed by atoms with E-state index in [2.05, 4.69) is 111 Å². The van der Waals surface area contributed by atoms with Crippen LogP contribution >= 0.6 is 0 Å². The van der Waals surface area contributed by atoms with Gasteiger partial charge in [0.2, 0.25) is 5.69 Å². The number of anilines is 1. The van der Waals surface area contributed by atoms with Crippen molar-refractivity contribution >= 4 is 37.3 Å². The Balaban J connectivity index is 1.65. The molecule has 0 bridgehead atoms. The minimum atomic E-state index is -4.25. The molecule has 11 heteroatoms. The summed E-state index contributed by atoms with van der Waals surface area (Å²) in [7, 11) is -7.88. The molecule has 2 heterocycles. The topological polar surface area (TPSA) is 119 Å². The Morgan fingerprint density at radius 2 is 1.54 bits per heavy atom. The number of allylic oxidation sites excluding steroid dienone is 4. The molecule has 46 heavy (non-hydrogen) atoms. The molecular formula is C35H49N3O6S2. The lowest BCUT2D eigenvalue weighted by atomic mass is 9.80. The summed E-state index contributed by atoms with van der Waals surface area (Å²) >= 11 is 0. The maximum Gasteiger partial charge on any atom is 0.283 e. The number of aryl methyl sites for hydroxylation is 2. The average molecular weight is 672 g/mol. The van der Waals surface area contributed by atoms with Crippen LogP contribution in [-0.4, -0.2) is 62.8 Å². The molecule has 2 aliphatic rings. The van der Waals surface area contributed by atoms with Crippen LogP contribution in [0.15, 0.2) is 60.3 Å². The number of benzene rings is 2. The Hall–Kier alpha value is -2.83. The van der Waals surface area contributed by atoms with Crippen LogP contribution in [0.4, 0.5) is 11.4 Å². The molecule has 0 saturated carbocycles. The van der Waals surface area contributed by atoms with E-state index >= 15 is 0 Å². The van der Waals surface area contributed by atoms with Crippen molar-refractivity contribution in [3.63, 3.8) is 0 Å². The zero-order chi connectivity index (χ0) is 33.9. The summed E-state index contributed by atoms with van der Waals surface area (Å²) < 4.78 is 65.2. The van der Waals surface area contributed by atoms with Crippen molar-refractivity contribution in [3.8, 4) is 0 Å². The van der Waals surface area contributed by atoms with Crippen molar-refractivity contribution in [2.75, 3.05) is 36.0 Å². The highest BCUT2D eigenvalue weighted by atomic mass is 32.2. The van der Waals surface area contributed by atoms with Gasteiger partial charge >= 0.3 is 0 Å². The van der Waals surface area contributed by atoms with E-state index in [1.54, 1.807) is 6.92 Å². The molecule has 2 aliphatic heterocycles. The van der Waals surface area contributed by atoms with E-state index in [0.717, 1.165) is 22.8 Å². The van der Waals surface area contributed by atoms with Crippen molar-refractivity contribution in [2.24, 2.45) is 0 Å². The minimum Gasteiger partial charge on any atom is -0.748 e. The Bertz CT molecular complexity index is 1760. The molecule has 0 spiro atoms. The molecule has 0 amide bonds. The summed E-state index contributed by atoms with van der Waals surface area (Å²) in [6, 6.07) is 12.9. The van der Waals surface area contributed by atoms with Crippen LogP contribution in [-0.2, 0) is 35.4 Å². The van der Waals surface area contributed by atoms with Crippen molar-refractivity contribution in [3.05, 3.63) is 82.6 Å². The third-order valence-electron chi connectivity index (χ3n) is 8.99. The van der Waals surface area contributed by atoms with Gasteiger partial charge in [0, 0.05) is 59.8 Å². The first kappa shape index (κ1) is 36.0. The van der Waals surface area contributed by atoms with Crippen LogP contribution in [0.1, 0.15) is 82.6 Å². The molecule has 0 fully saturated rings. The summed E-state index contributed by atoms with van der Waals surface area (Å²) in [5.41, 5.74) is 11.2. The van der Waals surface area contributed by atoms with Crippen LogP contribution in [0.25, 0.3) is 0 Å². The van der Waals surface area contributed by atoms with Gasteiger partial charge in [0.1, 0.15) is 6.54 Å². The number of unbranched alkanes of at least 4 members (excludes halogenated alkanes) is 2. The fraction of sp³-hybridized carbons (Fsp3) is 0.514. The zero-order valence-electron chi connectivity index (χ0n) is 28.2. The molecule has 0 unspecified atom stereocenters. The van der Waals surface area contributed by atoms with Gasteiger partial charge in [0.15, 0.2) is 5.71 Å². The highest BCUT2D eigenvalue weighted by molar-refractivity contribution is 7.86. The van der Waals surface area contributed by atoms with Gasteiger partial charge in [-0.3, -0.25) is 0 Å². The molecule has 0 radical (unpaired) electrons. The summed E-state index contributed by atoms with van der Waals surface area (Å²) in [6.07, 6.45) is 8.46. The predicted octanol–water partition coefficient (Wildman–Crippen LogP) is 5.89. The van der Waals surface area contributed by atoms with Gasteiger partial charge in [0.05, 0.1) is 21.3 Å². The van der Waals surface area contributed by atoms with E-state index in [-0.39, 0.29) is 22.3 Å². The zero-order valence-corrected chi connectivity index (χ0v) is 29.9. The highest BCUT2D eigenvalue weighted by Gasteiger charge is 2.44. The van der Waals surface area contributed by atoms with E-state index in [0.29, 0.717) is 45.3 Å². The normalized spacial score (nSPS) is 18.2. The third-order valence-corrected chi connectivity index (χ3v) is 10.9. The lowest BCUT2D eigenvalue weighted by molar-refractivity contribution is -0.438. The van der Waals surface area contributed by atoms with E-state index in [4.69, 9.17) is 4.28 Å². The molecule has 252 valence electrons. The van der Waals surface area contributed by atoms with Crippen molar-refractivity contribution < 1.29 is 30.2 Å². The summed E-state index contributed by atoms with van der Waals surface area (Å²) in [4.78, 5) is 2.26. The number of hydroxylamine groups is 1. The number of fused-ring (bicyclic) bond motifs is 2. The molecule has 2 aromatic carbocycles. The quantitative estimate of drug-likeness (QED) is 0.108. The maximum atomic E-state index is 12.2. The summed E-state index contributed by atoms with van der Waals surface area (Å²) in [6.45, 7) is 16.5. The van der Waals surface area contributed by atoms with Crippen LogP contribution < -0.4 is 10.4 Å². The Kier molecular flexibility index (Phi) is 11.0. The summed E-state index contributed by atoms with van der Waals surface area (Å²) in [5, 5.41) is 0. The average Bonchev–Trinajstić information content (AvgIpc) is 3.30. The van der Waals surface area contributed by atoms with E-state index < -0.39 is 20.2 Å². The van der Waals surface area contributed by atoms with Gasteiger partial charge in [-0.25, -0.2) is 8.42 Å². The predicted molar refractivity (Wildman–Crippen MR) is 184 cm³/mol. The van der Waals surface area contributed by atoms with Crippen molar-refractivity contribution in [1.82, 2.24) is 5.48 Å². The largest absolute Gasteiger partial charge is 0.748 e. The lowest BCUT2D eigenvalue weighted by Gasteiger charge is -2.27. The SMILES string of the molecule is CCNOS(=O)(=O)CCCC[N+]1=C(C=CC=C2N(CCCCS(=O)(=O)[O-])c3ccc(C)cc3C2(C)C)C(C)(C)c2cc(C)ccc21.